The van der Waals surface area contributed by atoms with Crippen LogP contribution >= 0.6 is 0 Å². The number of pyridine rings is 1. The van der Waals surface area contributed by atoms with E-state index in [0.29, 0.717) is 19.0 Å². The van der Waals surface area contributed by atoms with Crippen LogP contribution in [0, 0.1) is 5.92 Å². The highest BCUT2D eigenvalue weighted by Crippen LogP contribution is 2.20. The minimum atomic E-state index is -0.133. The average molecular weight is 357 g/mol. The maximum Gasteiger partial charge on any atom is 0.318 e. The van der Waals surface area contributed by atoms with Crippen molar-refractivity contribution in [3.63, 3.8) is 0 Å². The number of aromatic nitrogens is 4. The molecule has 1 aliphatic heterocycles. The molecule has 0 radical (unpaired) electrons. The molecule has 140 valence electrons. The van der Waals surface area contributed by atoms with Gasteiger partial charge in [-0.3, -0.25) is 9.67 Å². The van der Waals surface area contributed by atoms with Gasteiger partial charge in [-0.2, -0.15) is 5.10 Å². The standard InChI is InChI=1S/C18H27N7O/c1-14(2)11-16(17-20-13-21-23(17)3)22-18(26)25-9-7-24(8-10-25)15-5-4-6-19-12-15/h4-6,12-14,16H,7-11H2,1-3H3,(H,22,26). The second-order valence-corrected chi connectivity index (χ2v) is 7.06. The molecule has 0 aliphatic carbocycles. The summed E-state index contributed by atoms with van der Waals surface area (Å²) in [6.07, 6.45) is 5.99. The van der Waals surface area contributed by atoms with Gasteiger partial charge >= 0.3 is 6.03 Å². The first kappa shape index (κ1) is 18.2. The van der Waals surface area contributed by atoms with Gasteiger partial charge in [0.2, 0.25) is 0 Å². The van der Waals surface area contributed by atoms with Crippen LogP contribution in [0.3, 0.4) is 0 Å². The molecule has 1 fully saturated rings. The Morgan fingerprint density at radius 1 is 1.27 bits per heavy atom. The number of nitrogens with one attached hydrogen (secondary N) is 1. The van der Waals surface area contributed by atoms with E-state index in [4.69, 9.17) is 0 Å². The predicted octanol–water partition coefficient (Wildman–Crippen LogP) is 1.83. The van der Waals surface area contributed by atoms with E-state index in [1.54, 1.807) is 10.9 Å². The van der Waals surface area contributed by atoms with Crippen LogP contribution in [0.4, 0.5) is 10.5 Å². The molecule has 8 nitrogen and oxygen atoms in total. The first-order chi connectivity index (χ1) is 12.5. The Balaban J connectivity index is 1.59. The molecule has 0 aromatic carbocycles. The van der Waals surface area contributed by atoms with Crippen molar-refractivity contribution in [1.29, 1.82) is 0 Å². The summed E-state index contributed by atoms with van der Waals surface area (Å²) in [4.78, 5) is 25.4. The highest BCUT2D eigenvalue weighted by Gasteiger charge is 2.26. The minimum Gasteiger partial charge on any atom is -0.367 e. The summed E-state index contributed by atoms with van der Waals surface area (Å²) in [5.74, 6) is 1.24. The zero-order valence-electron chi connectivity index (χ0n) is 15.7. The number of carbonyl (C=O) groups is 1. The van der Waals surface area contributed by atoms with Crippen molar-refractivity contribution in [3.8, 4) is 0 Å². The summed E-state index contributed by atoms with van der Waals surface area (Å²) < 4.78 is 1.73. The van der Waals surface area contributed by atoms with Crippen LogP contribution < -0.4 is 10.2 Å². The third-order valence-electron chi connectivity index (χ3n) is 4.64. The topological polar surface area (TPSA) is 79.2 Å². The Bertz CT molecular complexity index is 707. The summed E-state index contributed by atoms with van der Waals surface area (Å²) in [6.45, 7) is 7.27. The van der Waals surface area contributed by atoms with E-state index in [0.717, 1.165) is 31.0 Å². The first-order valence-corrected chi connectivity index (χ1v) is 9.09. The monoisotopic (exact) mass is 357 g/mol. The van der Waals surface area contributed by atoms with Crippen molar-refractivity contribution < 1.29 is 4.79 Å². The van der Waals surface area contributed by atoms with Crippen LogP contribution in [0.25, 0.3) is 0 Å². The fourth-order valence-corrected chi connectivity index (χ4v) is 3.27. The minimum absolute atomic E-state index is 0.0375. The Hall–Kier alpha value is -2.64. The molecule has 1 atom stereocenters. The molecule has 0 spiro atoms. The molecular weight excluding hydrogens is 330 g/mol. The Morgan fingerprint density at radius 2 is 2.04 bits per heavy atom. The van der Waals surface area contributed by atoms with Gasteiger partial charge < -0.3 is 15.1 Å². The van der Waals surface area contributed by atoms with Gasteiger partial charge in [-0.05, 0) is 24.5 Å². The number of nitrogens with zero attached hydrogens (tertiary/aromatic N) is 6. The third-order valence-corrected chi connectivity index (χ3v) is 4.64. The zero-order chi connectivity index (χ0) is 18.5. The fraction of sp³-hybridized carbons (Fsp3) is 0.556. The Kier molecular flexibility index (Phi) is 5.70. The molecule has 2 aromatic rings. The normalized spacial score (nSPS) is 16.0. The van der Waals surface area contributed by atoms with Gasteiger partial charge in [0.05, 0.1) is 17.9 Å². The summed E-state index contributed by atoms with van der Waals surface area (Å²) in [5.41, 5.74) is 1.10. The third kappa shape index (κ3) is 4.30. The van der Waals surface area contributed by atoms with Crippen molar-refractivity contribution in [2.45, 2.75) is 26.3 Å². The summed E-state index contributed by atoms with van der Waals surface area (Å²) in [6, 6.07) is 3.82. The van der Waals surface area contributed by atoms with E-state index < -0.39 is 0 Å². The van der Waals surface area contributed by atoms with Gasteiger partial charge in [0.25, 0.3) is 0 Å². The number of rotatable bonds is 5. The van der Waals surface area contributed by atoms with Gasteiger partial charge in [-0.15, -0.1) is 0 Å². The van der Waals surface area contributed by atoms with Gasteiger partial charge in [-0.1, -0.05) is 13.8 Å². The summed E-state index contributed by atoms with van der Waals surface area (Å²) >= 11 is 0. The lowest BCUT2D eigenvalue weighted by molar-refractivity contribution is 0.187. The van der Waals surface area contributed by atoms with Gasteiger partial charge in [0, 0.05) is 39.4 Å². The van der Waals surface area contributed by atoms with E-state index in [9.17, 15) is 4.79 Å². The number of amides is 2. The summed E-state index contributed by atoms with van der Waals surface area (Å²) in [7, 11) is 1.86. The molecule has 3 heterocycles. The number of piperazine rings is 1. The van der Waals surface area contributed by atoms with Crippen LogP contribution in [-0.4, -0.2) is 56.9 Å². The molecule has 0 bridgehead atoms. The predicted molar refractivity (Wildman–Crippen MR) is 99.8 cm³/mol. The second-order valence-electron chi connectivity index (χ2n) is 7.06. The van der Waals surface area contributed by atoms with E-state index in [1.807, 2.05) is 24.2 Å². The molecule has 1 unspecified atom stereocenters. The van der Waals surface area contributed by atoms with E-state index in [-0.39, 0.29) is 12.1 Å². The Morgan fingerprint density at radius 3 is 2.62 bits per heavy atom. The molecule has 8 heteroatoms. The van der Waals surface area contributed by atoms with E-state index in [1.165, 1.54) is 6.33 Å². The number of urea groups is 1. The van der Waals surface area contributed by atoms with Crippen molar-refractivity contribution in [3.05, 3.63) is 36.7 Å². The van der Waals surface area contributed by atoms with Crippen LogP contribution in [-0.2, 0) is 7.05 Å². The quantitative estimate of drug-likeness (QED) is 0.883. The molecule has 3 rings (SSSR count). The van der Waals surface area contributed by atoms with E-state index >= 15 is 0 Å². The average Bonchev–Trinajstić information content (AvgIpc) is 3.07. The molecule has 1 N–H and O–H groups in total. The molecule has 2 aromatic heterocycles. The maximum atomic E-state index is 12.8. The molecule has 1 saturated heterocycles. The fourth-order valence-electron chi connectivity index (χ4n) is 3.27. The highest BCUT2D eigenvalue weighted by atomic mass is 16.2. The van der Waals surface area contributed by atoms with Crippen LogP contribution in [0.1, 0.15) is 32.1 Å². The largest absolute Gasteiger partial charge is 0.367 e. The lowest BCUT2D eigenvalue weighted by Crippen LogP contribution is -2.52. The zero-order valence-corrected chi connectivity index (χ0v) is 15.7. The number of hydrogen-bond acceptors (Lipinski definition) is 5. The van der Waals surface area contributed by atoms with Crippen molar-refractivity contribution >= 4 is 11.7 Å². The Labute approximate surface area is 154 Å². The van der Waals surface area contributed by atoms with Crippen LogP contribution in [0.2, 0.25) is 0 Å². The second kappa shape index (κ2) is 8.16. The first-order valence-electron chi connectivity index (χ1n) is 9.09. The lowest BCUT2D eigenvalue weighted by atomic mass is 10.0. The highest BCUT2D eigenvalue weighted by molar-refractivity contribution is 5.75. The van der Waals surface area contributed by atoms with Crippen molar-refractivity contribution in [1.82, 2.24) is 30.0 Å². The van der Waals surface area contributed by atoms with Crippen LogP contribution in [0.15, 0.2) is 30.9 Å². The van der Waals surface area contributed by atoms with Gasteiger partial charge in [0.1, 0.15) is 12.2 Å². The van der Waals surface area contributed by atoms with Gasteiger partial charge in [-0.25, -0.2) is 9.78 Å². The maximum absolute atomic E-state index is 12.8. The number of aryl methyl sites for hydroxylation is 1. The molecule has 2 amide bonds. The van der Waals surface area contributed by atoms with Crippen molar-refractivity contribution in [2.24, 2.45) is 13.0 Å². The van der Waals surface area contributed by atoms with Gasteiger partial charge in [0.15, 0.2) is 0 Å². The number of hydrogen-bond donors (Lipinski definition) is 1. The summed E-state index contributed by atoms with van der Waals surface area (Å²) in [5, 5.41) is 7.28. The smallest absolute Gasteiger partial charge is 0.318 e. The SMILES string of the molecule is CC(C)CC(NC(=O)N1CCN(c2cccnc2)CC1)c1ncnn1C. The molecule has 26 heavy (non-hydrogen) atoms. The van der Waals surface area contributed by atoms with Crippen LogP contribution in [0.5, 0.6) is 0 Å². The molecule has 0 saturated carbocycles. The number of anilines is 1. The number of carbonyl (C=O) groups excluding carboxylic acids is 1. The lowest BCUT2D eigenvalue weighted by Gasteiger charge is -2.36. The van der Waals surface area contributed by atoms with Crippen molar-refractivity contribution in [2.75, 3.05) is 31.1 Å². The molecular formula is C18H27N7O. The molecule has 1 aliphatic rings. The van der Waals surface area contributed by atoms with E-state index in [2.05, 4.69) is 45.2 Å².